The topological polar surface area (TPSA) is 71.6 Å². The second kappa shape index (κ2) is 9.16. The molecule has 1 unspecified atom stereocenters. The summed E-state index contributed by atoms with van der Waals surface area (Å²) in [6.07, 6.45) is 1.96. The molecule has 0 spiro atoms. The van der Waals surface area contributed by atoms with Crippen LogP contribution in [0.2, 0.25) is 0 Å². The molecular weight excluding hydrogens is 368 g/mol. The summed E-state index contributed by atoms with van der Waals surface area (Å²) in [6.45, 7) is 7.37. The van der Waals surface area contributed by atoms with Gasteiger partial charge >= 0.3 is 5.97 Å². The van der Waals surface area contributed by atoms with Crippen molar-refractivity contribution in [2.45, 2.75) is 40.0 Å². The lowest BCUT2D eigenvalue weighted by atomic mass is 9.77. The molecule has 1 aliphatic heterocycles. The lowest BCUT2D eigenvalue weighted by Gasteiger charge is -2.40. The first-order valence-corrected chi connectivity index (χ1v) is 10.3. The van der Waals surface area contributed by atoms with E-state index in [0.717, 1.165) is 23.4 Å². The molecule has 1 aromatic heterocycles. The number of nitrogens with one attached hydrogen (secondary N) is 1. The highest BCUT2D eigenvalue weighted by molar-refractivity contribution is 5.94. The van der Waals surface area contributed by atoms with E-state index < -0.39 is 5.41 Å². The summed E-state index contributed by atoms with van der Waals surface area (Å²) < 4.78 is 11.3. The number of benzene rings is 1. The third-order valence-electron chi connectivity index (χ3n) is 5.53. The van der Waals surface area contributed by atoms with E-state index in [2.05, 4.69) is 4.98 Å². The van der Waals surface area contributed by atoms with Gasteiger partial charge in [0, 0.05) is 18.8 Å². The first-order valence-electron chi connectivity index (χ1n) is 10.3. The summed E-state index contributed by atoms with van der Waals surface area (Å²) in [6, 6.07) is 11.5. The quantitative estimate of drug-likeness (QED) is 0.719. The van der Waals surface area contributed by atoms with Crippen molar-refractivity contribution in [2.75, 3.05) is 26.3 Å². The summed E-state index contributed by atoms with van der Waals surface area (Å²) in [5, 5.41) is 0. The van der Waals surface area contributed by atoms with Crippen molar-refractivity contribution >= 4 is 11.9 Å². The fraction of sp³-hybridized carbons (Fsp3) is 0.478. The molecule has 6 heteroatoms. The maximum atomic E-state index is 13.1. The van der Waals surface area contributed by atoms with Crippen LogP contribution in [0, 0.1) is 19.3 Å². The van der Waals surface area contributed by atoms with Crippen LogP contribution in [0.15, 0.2) is 36.4 Å². The van der Waals surface area contributed by atoms with Gasteiger partial charge in [0.25, 0.3) is 5.91 Å². The van der Waals surface area contributed by atoms with Crippen molar-refractivity contribution in [3.8, 4) is 5.75 Å². The zero-order valence-corrected chi connectivity index (χ0v) is 17.5. The Balaban J connectivity index is 1.75. The van der Waals surface area contributed by atoms with Gasteiger partial charge in [0.2, 0.25) is 0 Å². The number of aromatic nitrogens is 1. The van der Waals surface area contributed by atoms with Gasteiger partial charge in [-0.05, 0) is 63.8 Å². The Labute approximate surface area is 172 Å². The SMILES string of the molecule is CCOC(=O)C1(CCOc2ccccc2)CCCN(C(=O)c2[nH]c(C)cc2C)C1. The first kappa shape index (κ1) is 21.0. The third kappa shape index (κ3) is 4.81. The predicted octanol–water partition coefficient (Wildman–Crippen LogP) is 3.89. The van der Waals surface area contributed by atoms with Gasteiger partial charge in [-0.25, -0.2) is 0 Å². The van der Waals surface area contributed by atoms with Crippen molar-refractivity contribution in [1.82, 2.24) is 9.88 Å². The molecule has 1 saturated heterocycles. The number of hydrogen-bond acceptors (Lipinski definition) is 4. The molecule has 3 rings (SSSR count). The van der Waals surface area contributed by atoms with E-state index >= 15 is 0 Å². The Kier molecular flexibility index (Phi) is 6.62. The van der Waals surface area contributed by atoms with E-state index in [0.29, 0.717) is 44.8 Å². The number of esters is 1. The molecule has 0 saturated carbocycles. The molecule has 156 valence electrons. The van der Waals surface area contributed by atoms with Crippen LogP contribution in [0.3, 0.4) is 0 Å². The van der Waals surface area contributed by atoms with Crippen molar-refractivity contribution in [3.63, 3.8) is 0 Å². The van der Waals surface area contributed by atoms with Gasteiger partial charge in [0.05, 0.1) is 18.6 Å². The van der Waals surface area contributed by atoms with Crippen molar-refractivity contribution < 1.29 is 19.1 Å². The lowest BCUT2D eigenvalue weighted by Crippen LogP contribution is -2.51. The van der Waals surface area contributed by atoms with Crippen LogP contribution < -0.4 is 4.74 Å². The van der Waals surface area contributed by atoms with Crippen LogP contribution in [0.5, 0.6) is 5.75 Å². The van der Waals surface area contributed by atoms with Crippen molar-refractivity contribution in [2.24, 2.45) is 5.41 Å². The van der Waals surface area contributed by atoms with Gasteiger partial charge in [-0.1, -0.05) is 18.2 Å². The smallest absolute Gasteiger partial charge is 0.314 e. The number of para-hydroxylation sites is 1. The molecule has 29 heavy (non-hydrogen) atoms. The Hall–Kier alpha value is -2.76. The second-order valence-corrected chi connectivity index (χ2v) is 7.75. The molecule has 1 N–H and O–H groups in total. The molecule has 1 aromatic carbocycles. The average molecular weight is 399 g/mol. The number of aryl methyl sites for hydroxylation is 2. The van der Waals surface area contributed by atoms with Crippen LogP contribution >= 0.6 is 0 Å². The number of carbonyl (C=O) groups is 2. The normalized spacial score (nSPS) is 19.1. The summed E-state index contributed by atoms with van der Waals surface area (Å²) >= 11 is 0. The number of likely N-dealkylation sites (tertiary alicyclic amines) is 1. The van der Waals surface area contributed by atoms with Crippen LogP contribution in [-0.2, 0) is 9.53 Å². The second-order valence-electron chi connectivity index (χ2n) is 7.75. The monoisotopic (exact) mass is 398 g/mol. The molecule has 1 fully saturated rings. The van der Waals surface area contributed by atoms with Crippen molar-refractivity contribution in [1.29, 1.82) is 0 Å². The van der Waals surface area contributed by atoms with Crippen LogP contribution in [0.25, 0.3) is 0 Å². The van der Waals surface area contributed by atoms with Crippen LogP contribution in [-0.4, -0.2) is 48.1 Å². The van der Waals surface area contributed by atoms with E-state index in [9.17, 15) is 9.59 Å². The van der Waals surface area contributed by atoms with Gasteiger partial charge in [0.1, 0.15) is 11.4 Å². The van der Waals surface area contributed by atoms with Gasteiger partial charge in [-0.15, -0.1) is 0 Å². The molecular formula is C23H30N2O4. The number of H-pyrrole nitrogens is 1. The summed E-state index contributed by atoms with van der Waals surface area (Å²) in [4.78, 5) is 31.0. The highest BCUT2D eigenvalue weighted by Crippen LogP contribution is 2.36. The molecule has 0 aliphatic carbocycles. The number of hydrogen-bond donors (Lipinski definition) is 1. The molecule has 1 atom stereocenters. The Bertz CT molecular complexity index is 846. The minimum absolute atomic E-state index is 0.0621. The average Bonchev–Trinajstić information content (AvgIpc) is 3.06. The standard InChI is InChI=1S/C23H30N2O4/c1-4-28-22(27)23(12-14-29-19-9-6-5-7-10-19)11-8-13-25(16-23)21(26)20-17(2)15-18(3)24-20/h5-7,9-10,15,24H,4,8,11-14,16H2,1-3H3. The van der Waals surface area contributed by atoms with E-state index in [1.807, 2.05) is 57.2 Å². The summed E-state index contributed by atoms with van der Waals surface area (Å²) in [5.41, 5.74) is 1.74. The van der Waals surface area contributed by atoms with E-state index in [1.165, 1.54) is 0 Å². The highest BCUT2D eigenvalue weighted by atomic mass is 16.5. The minimum Gasteiger partial charge on any atom is -0.494 e. The zero-order valence-electron chi connectivity index (χ0n) is 17.5. The fourth-order valence-electron chi connectivity index (χ4n) is 4.05. The molecule has 0 radical (unpaired) electrons. The highest BCUT2D eigenvalue weighted by Gasteiger charge is 2.45. The van der Waals surface area contributed by atoms with Crippen molar-refractivity contribution in [3.05, 3.63) is 53.3 Å². The Morgan fingerprint density at radius 1 is 1.21 bits per heavy atom. The maximum absolute atomic E-state index is 13.1. The van der Waals surface area contributed by atoms with E-state index in [1.54, 1.807) is 4.90 Å². The molecule has 1 amide bonds. The van der Waals surface area contributed by atoms with E-state index in [4.69, 9.17) is 9.47 Å². The maximum Gasteiger partial charge on any atom is 0.314 e. The number of piperidine rings is 1. The number of ether oxygens (including phenoxy) is 2. The number of rotatable bonds is 7. The minimum atomic E-state index is -0.742. The van der Waals surface area contributed by atoms with Crippen LogP contribution in [0.1, 0.15) is 47.9 Å². The lowest BCUT2D eigenvalue weighted by molar-refractivity contribution is -0.159. The van der Waals surface area contributed by atoms with E-state index in [-0.39, 0.29) is 11.9 Å². The number of carbonyl (C=O) groups excluding carboxylic acids is 2. The molecule has 2 aromatic rings. The Morgan fingerprint density at radius 2 is 1.97 bits per heavy atom. The molecule has 6 nitrogen and oxygen atoms in total. The number of amides is 1. The number of aromatic amines is 1. The largest absolute Gasteiger partial charge is 0.494 e. The summed E-state index contributed by atoms with van der Waals surface area (Å²) in [7, 11) is 0. The van der Waals surface area contributed by atoms with Crippen LogP contribution in [0.4, 0.5) is 0 Å². The molecule has 2 heterocycles. The van der Waals surface area contributed by atoms with Gasteiger partial charge in [-0.3, -0.25) is 9.59 Å². The predicted molar refractivity (Wildman–Crippen MR) is 111 cm³/mol. The Morgan fingerprint density at radius 3 is 2.62 bits per heavy atom. The molecule has 0 bridgehead atoms. The first-order chi connectivity index (χ1) is 13.9. The zero-order chi connectivity index (χ0) is 20.9. The molecule has 1 aliphatic rings. The van der Waals surface area contributed by atoms with Gasteiger partial charge < -0.3 is 19.4 Å². The summed E-state index contributed by atoms with van der Waals surface area (Å²) in [5.74, 6) is 0.467. The van der Waals surface area contributed by atoms with Gasteiger partial charge in [0.15, 0.2) is 0 Å². The van der Waals surface area contributed by atoms with Gasteiger partial charge in [-0.2, -0.15) is 0 Å². The third-order valence-corrected chi connectivity index (χ3v) is 5.53. The number of nitrogens with zero attached hydrogens (tertiary/aromatic N) is 1. The fourth-order valence-corrected chi connectivity index (χ4v) is 4.05.